The van der Waals surface area contributed by atoms with Crippen molar-refractivity contribution in [2.45, 2.75) is 31.8 Å². The maximum atomic E-state index is 10.9. The van der Waals surface area contributed by atoms with Crippen molar-refractivity contribution in [3.05, 3.63) is 12.7 Å². The van der Waals surface area contributed by atoms with Gasteiger partial charge in [-0.1, -0.05) is 6.58 Å². The first-order chi connectivity index (χ1) is 5.79. The van der Waals surface area contributed by atoms with E-state index < -0.39 is 0 Å². The Kier molecular flexibility index (Phi) is 1.91. The summed E-state index contributed by atoms with van der Waals surface area (Å²) in [5.74, 6) is 1.23. The average molecular weight is 166 g/mol. The Hall–Kier alpha value is -0.790. The van der Waals surface area contributed by atoms with Crippen LogP contribution in [0.1, 0.15) is 25.7 Å². The first-order valence-electron chi connectivity index (χ1n) is 4.62. The van der Waals surface area contributed by atoms with Crippen LogP contribution in [0.2, 0.25) is 0 Å². The second kappa shape index (κ2) is 2.92. The molecule has 0 radical (unpaired) electrons. The van der Waals surface area contributed by atoms with Crippen molar-refractivity contribution in [1.29, 1.82) is 0 Å². The Bertz CT molecular complexity index is 210. The summed E-state index contributed by atoms with van der Waals surface area (Å²) in [5, 5.41) is 0. The zero-order valence-electron chi connectivity index (χ0n) is 7.16. The van der Waals surface area contributed by atoms with Crippen molar-refractivity contribution in [3.63, 3.8) is 0 Å². The monoisotopic (exact) mass is 166 g/mol. The number of rotatable bonds is 2. The van der Waals surface area contributed by atoms with E-state index in [0.29, 0.717) is 5.92 Å². The molecule has 0 aromatic heterocycles. The number of ether oxygens (including phenoxy) is 1. The van der Waals surface area contributed by atoms with Crippen LogP contribution in [0.5, 0.6) is 0 Å². The minimum Gasteiger partial charge on any atom is -0.459 e. The lowest BCUT2D eigenvalue weighted by Gasteiger charge is -2.20. The van der Waals surface area contributed by atoms with Gasteiger partial charge < -0.3 is 4.74 Å². The topological polar surface area (TPSA) is 26.3 Å². The van der Waals surface area contributed by atoms with Gasteiger partial charge in [0.05, 0.1) is 0 Å². The first kappa shape index (κ1) is 7.84. The molecule has 2 bridgehead atoms. The van der Waals surface area contributed by atoms with Crippen LogP contribution < -0.4 is 0 Å². The highest BCUT2D eigenvalue weighted by atomic mass is 16.5. The van der Waals surface area contributed by atoms with Gasteiger partial charge in [0.2, 0.25) is 0 Å². The molecule has 2 saturated carbocycles. The largest absolute Gasteiger partial charge is 0.459 e. The maximum absolute atomic E-state index is 10.9. The smallest absolute Gasteiger partial charge is 0.330 e. The molecule has 66 valence electrons. The minimum atomic E-state index is -0.257. The van der Waals surface area contributed by atoms with Crippen LogP contribution in [-0.2, 0) is 9.53 Å². The highest BCUT2D eigenvalue weighted by Gasteiger charge is 2.41. The molecular formula is C10H14O2. The van der Waals surface area contributed by atoms with Crippen LogP contribution in [0.25, 0.3) is 0 Å². The molecule has 2 nitrogen and oxygen atoms in total. The SMILES string of the molecule is C=CC(=O)OC1C[C@H]2CC[C@@H]1C2. The predicted octanol–water partition coefficient (Wildman–Crippen LogP) is 1.90. The van der Waals surface area contributed by atoms with Crippen LogP contribution in [0.15, 0.2) is 12.7 Å². The second-order valence-electron chi connectivity index (χ2n) is 3.85. The van der Waals surface area contributed by atoms with E-state index in [-0.39, 0.29) is 12.1 Å². The zero-order valence-corrected chi connectivity index (χ0v) is 7.16. The van der Waals surface area contributed by atoms with Crippen molar-refractivity contribution < 1.29 is 9.53 Å². The molecule has 0 spiro atoms. The standard InChI is InChI=1S/C10H14O2/c1-2-10(11)12-9-6-7-3-4-8(9)5-7/h2,7-9H,1,3-6H2/t7-,8+,9?/m0/s1. The summed E-state index contributed by atoms with van der Waals surface area (Å²) < 4.78 is 5.24. The molecule has 2 rings (SSSR count). The minimum absolute atomic E-state index is 0.203. The summed E-state index contributed by atoms with van der Waals surface area (Å²) in [4.78, 5) is 10.9. The van der Waals surface area contributed by atoms with Crippen molar-refractivity contribution >= 4 is 5.97 Å². The van der Waals surface area contributed by atoms with Crippen molar-refractivity contribution in [1.82, 2.24) is 0 Å². The van der Waals surface area contributed by atoms with Gasteiger partial charge in [0, 0.05) is 6.08 Å². The van der Waals surface area contributed by atoms with E-state index in [9.17, 15) is 4.79 Å². The fourth-order valence-corrected chi connectivity index (χ4v) is 2.53. The third-order valence-electron chi connectivity index (χ3n) is 3.11. The van der Waals surface area contributed by atoms with E-state index in [4.69, 9.17) is 4.74 Å². The fourth-order valence-electron chi connectivity index (χ4n) is 2.53. The van der Waals surface area contributed by atoms with Crippen molar-refractivity contribution in [3.8, 4) is 0 Å². The lowest BCUT2D eigenvalue weighted by molar-refractivity contribution is -0.145. The number of fused-ring (bicyclic) bond motifs is 2. The molecule has 0 heterocycles. The third kappa shape index (κ3) is 1.26. The zero-order chi connectivity index (χ0) is 8.55. The third-order valence-corrected chi connectivity index (χ3v) is 3.11. The van der Waals surface area contributed by atoms with Gasteiger partial charge in [-0.2, -0.15) is 0 Å². The Morgan fingerprint density at radius 1 is 1.42 bits per heavy atom. The molecule has 3 atom stereocenters. The van der Waals surface area contributed by atoms with E-state index in [2.05, 4.69) is 6.58 Å². The van der Waals surface area contributed by atoms with Gasteiger partial charge in [0.25, 0.3) is 0 Å². The number of carbonyl (C=O) groups excluding carboxylic acids is 1. The quantitative estimate of drug-likeness (QED) is 0.462. The molecule has 2 aliphatic carbocycles. The molecule has 2 heteroatoms. The highest BCUT2D eigenvalue weighted by molar-refractivity contribution is 5.81. The molecular weight excluding hydrogens is 152 g/mol. The molecule has 0 saturated heterocycles. The summed E-state index contributed by atoms with van der Waals surface area (Å²) >= 11 is 0. The predicted molar refractivity (Wildman–Crippen MR) is 45.5 cm³/mol. The van der Waals surface area contributed by atoms with E-state index in [1.807, 2.05) is 0 Å². The Balaban J connectivity index is 1.90. The fraction of sp³-hybridized carbons (Fsp3) is 0.700. The summed E-state index contributed by atoms with van der Waals surface area (Å²) in [6.45, 7) is 3.39. The number of hydrogen-bond acceptors (Lipinski definition) is 2. The van der Waals surface area contributed by atoms with E-state index >= 15 is 0 Å². The van der Waals surface area contributed by atoms with Crippen molar-refractivity contribution in [2.24, 2.45) is 11.8 Å². The lowest BCUT2D eigenvalue weighted by atomic mass is 9.98. The van der Waals surface area contributed by atoms with E-state index in [0.717, 1.165) is 12.3 Å². The molecule has 0 aromatic carbocycles. The second-order valence-corrected chi connectivity index (χ2v) is 3.85. The molecule has 2 aliphatic rings. The molecule has 2 fully saturated rings. The van der Waals surface area contributed by atoms with E-state index in [1.165, 1.54) is 25.3 Å². The number of esters is 1. The van der Waals surface area contributed by atoms with Crippen molar-refractivity contribution in [2.75, 3.05) is 0 Å². The Labute approximate surface area is 72.6 Å². The lowest BCUT2D eigenvalue weighted by Crippen LogP contribution is -2.22. The normalized spacial score (nSPS) is 38.2. The van der Waals surface area contributed by atoms with E-state index in [1.54, 1.807) is 0 Å². The molecule has 0 amide bonds. The van der Waals surface area contributed by atoms with Gasteiger partial charge in [0.15, 0.2) is 0 Å². The Morgan fingerprint density at radius 3 is 2.75 bits per heavy atom. The van der Waals surface area contributed by atoms with Gasteiger partial charge >= 0.3 is 5.97 Å². The Morgan fingerprint density at radius 2 is 2.25 bits per heavy atom. The van der Waals surface area contributed by atoms with Crippen LogP contribution in [0.4, 0.5) is 0 Å². The van der Waals surface area contributed by atoms with Gasteiger partial charge in [-0.25, -0.2) is 4.79 Å². The molecule has 0 aromatic rings. The van der Waals surface area contributed by atoms with Crippen LogP contribution in [0, 0.1) is 11.8 Å². The molecule has 0 N–H and O–H groups in total. The van der Waals surface area contributed by atoms with Gasteiger partial charge in [-0.15, -0.1) is 0 Å². The first-order valence-corrected chi connectivity index (χ1v) is 4.62. The number of carbonyl (C=O) groups is 1. The van der Waals surface area contributed by atoms with Gasteiger partial charge in [0.1, 0.15) is 6.10 Å². The summed E-state index contributed by atoms with van der Waals surface area (Å²) in [5.41, 5.74) is 0. The summed E-state index contributed by atoms with van der Waals surface area (Å²) in [6.07, 6.45) is 6.41. The summed E-state index contributed by atoms with van der Waals surface area (Å²) in [7, 11) is 0. The van der Waals surface area contributed by atoms with Gasteiger partial charge in [-0.05, 0) is 37.5 Å². The molecule has 1 unspecified atom stereocenters. The number of hydrogen-bond donors (Lipinski definition) is 0. The highest BCUT2D eigenvalue weighted by Crippen LogP contribution is 2.45. The van der Waals surface area contributed by atoms with Crippen LogP contribution in [-0.4, -0.2) is 12.1 Å². The molecule has 0 aliphatic heterocycles. The van der Waals surface area contributed by atoms with Crippen LogP contribution >= 0.6 is 0 Å². The average Bonchev–Trinajstić information content (AvgIpc) is 2.64. The molecule has 12 heavy (non-hydrogen) atoms. The van der Waals surface area contributed by atoms with Crippen LogP contribution in [0.3, 0.4) is 0 Å². The van der Waals surface area contributed by atoms with Gasteiger partial charge in [-0.3, -0.25) is 0 Å². The summed E-state index contributed by atoms with van der Waals surface area (Å²) in [6, 6.07) is 0. The maximum Gasteiger partial charge on any atom is 0.330 e.